The van der Waals surface area contributed by atoms with E-state index < -0.39 is 51.9 Å². The van der Waals surface area contributed by atoms with Crippen LogP contribution in [0.25, 0.3) is 16.8 Å². The summed E-state index contributed by atoms with van der Waals surface area (Å²) in [6.45, 7) is 0. The average Bonchev–Trinajstić information content (AvgIpc) is 3.48. The van der Waals surface area contributed by atoms with Gasteiger partial charge in [-0.1, -0.05) is 35.3 Å². The lowest BCUT2D eigenvalue weighted by Crippen LogP contribution is -2.51. The monoisotopic (exact) mass is 607 g/mol. The summed E-state index contributed by atoms with van der Waals surface area (Å²) in [5.41, 5.74) is -12.0. The second-order valence-corrected chi connectivity index (χ2v) is 9.37. The van der Waals surface area contributed by atoms with Gasteiger partial charge in [0.2, 0.25) is 0 Å². The zero-order valence-corrected chi connectivity index (χ0v) is 20.4. The van der Waals surface area contributed by atoms with Crippen molar-refractivity contribution in [3.05, 3.63) is 69.5 Å². The Morgan fingerprint density at radius 2 is 1.51 bits per heavy atom. The third kappa shape index (κ3) is 5.28. The molecule has 0 spiro atoms. The highest BCUT2D eigenvalue weighted by Gasteiger charge is 2.75. The lowest BCUT2D eigenvalue weighted by molar-refractivity contribution is -0.349. The first-order valence-corrected chi connectivity index (χ1v) is 11.5. The van der Waals surface area contributed by atoms with Crippen molar-refractivity contribution in [1.82, 2.24) is 15.1 Å². The van der Waals surface area contributed by atoms with E-state index in [-0.39, 0.29) is 28.3 Å². The van der Waals surface area contributed by atoms with Gasteiger partial charge in [-0.25, -0.2) is 9.07 Å². The molecule has 1 heterocycles. The molecule has 0 radical (unpaired) electrons. The maximum Gasteiger partial charge on any atom is 0.435 e. The third-order valence-corrected chi connectivity index (χ3v) is 6.56. The predicted octanol–water partition coefficient (Wildman–Crippen LogP) is 8.05. The van der Waals surface area contributed by atoms with Crippen LogP contribution in [-0.2, 0) is 11.8 Å². The first-order valence-electron chi connectivity index (χ1n) is 10.7. The first-order chi connectivity index (χ1) is 17.9. The highest BCUT2D eigenvalue weighted by atomic mass is 35.5. The molecule has 39 heavy (non-hydrogen) atoms. The molecule has 1 N–H and O–H groups in total. The standard InChI is InChI=1S/C23H13Cl2F10N3O/c24-15-5-1-10(7-13(15)19(39)37-12-2-3-12)11-8-36-38(9-11)16-6-4-14(17(18(16)25)21(27,28)29)20(26,22(30,31)32)23(33,34)35/h1,4-9,12H,2-3H2,(H,37,39). The predicted molar refractivity (Wildman–Crippen MR) is 119 cm³/mol. The van der Waals surface area contributed by atoms with E-state index in [1.54, 1.807) is 0 Å². The summed E-state index contributed by atoms with van der Waals surface area (Å²) in [5, 5.41) is 4.96. The molecule has 4 rings (SSSR count). The molecule has 0 unspecified atom stereocenters. The molecular weight excluding hydrogens is 595 g/mol. The Kier molecular flexibility index (Phi) is 7.12. The number of halogens is 12. The number of hydrogen-bond acceptors (Lipinski definition) is 2. The van der Waals surface area contributed by atoms with Crippen LogP contribution in [0.1, 0.15) is 34.3 Å². The van der Waals surface area contributed by atoms with Crippen molar-refractivity contribution in [3.63, 3.8) is 0 Å². The van der Waals surface area contributed by atoms with Gasteiger partial charge in [0.15, 0.2) is 0 Å². The summed E-state index contributed by atoms with van der Waals surface area (Å²) >= 11 is 11.8. The number of hydrogen-bond donors (Lipinski definition) is 1. The number of rotatable bonds is 5. The molecule has 1 aliphatic rings. The smallest absolute Gasteiger partial charge is 0.349 e. The van der Waals surface area contributed by atoms with Crippen LogP contribution in [-0.4, -0.2) is 34.1 Å². The van der Waals surface area contributed by atoms with Gasteiger partial charge >= 0.3 is 24.2 Å². The topological polar surface area (TPSA) is 46.9 Å². The van der Waals surface area contributed by atoms with Gasteiger partial charge in [-0.15, -0.1) is 0 Å². The largest absolute Gasteiger partial charge is 0.435 e. The summed E-state index contributed by atoms with van der Waals surface area (Å²) in [7, 11) is 0. The van der Waals surface area contributed by atoms with Gasteiger partial charge < -0.3 is 5.32 Å². The molecule has 2 aromatic carbocycles. The molecule has 1 aromatic heterocycles. The normalized spacial score (nSPS) is 15.0. The van der Waals surface area contributed by atoms with Gasteiger partial charge in [-0.3, -0.25) is 4.79 Å². The Labute approximate surface area is 222 Å². The van der Waals surface area contributed by atoms with E-state index in [9.17, 15) is 48.7 Å². The van der Waals surface area contributed by atoms with Crippen LogP contribution in [0.5, 0.6) is 0 Å². The van der Waals surface area contributed by atoms with Crippen molar-refractivity contribution >= 4 is 29.1 Å². The van der Waals surface area contributed by atoms with Crippen LogP contribution < -0.4 is 5.32 Å². The molecule has 210 valence electrons. The fraction of sp³-hybridized carbons (Fsp3) is 0.304. The Morgan fingerprint density at radius 1 is 0.897 bits per heavy atom. The molecule has 0 atom stereocenters. The Hall–Kier alpha value is -3.00. The molecule has 4 nitrogen and oxygen atoms in total. The van der Waals surface area contributed by atoms with Crippen molar-refractivity contribution in [2.75, 3.05) is 0 Å². The van der Waals surface area contributed by atoms with Crippen LogP contribution in [0, 0.1) is 0 Å². The van der Waals surface area contributed by atoms with Gasteiger partial charge in [-0.2, -0.15) is 44.6 Å². The molecular formula is C23H13Cl2F10N3O. The second-order valence-electron chi connectivity index (χ2n) is 8.59. The van der Waals surface area contributed by atoms with E-state index in [1.807, 2.05) is 0 Å². The SMILES string of the molecule is O=C(NC1CC1)c1cc(-c2cnn(-c3ccc(C(F)(C(F)(F)F)C(F)(F)F)c(C(F)(F)F)c3Cl)c2)ccc1Cl. The molecule has 1 aliphatic carbocycles. The quantitative estimate of drug-likeness (QED) is 0.298. The number of alkyl halides is 10. The minimum Gasteiger partial charge on any atom is -0.349 e. The summed E-state index contributed by atoms with van der Waals surface area (Å²) in [4.78, 5) is 12.4. The van der Waals surface area contributed by atoms with Crippen molar-refractivity contribution in [2.24, 2.45) is 0 Å². The Morgan fingerprint density at radius 3 is 2.05 bits per heavy atom. The van der Waals surface area contributed by atoms with Crippen LogP contribution in [0.4, 0.5) is 43.9 Å². The molecule has 16 heteroatoms. The molecule has 0 bridgehead atoms. The van der Waals surface area contributed by atoms with E-state index in [1.165, 1.54) is 18.2 Å². The van der Waals surface area contributed by atoms with Gasteiger partial charge in [-0.05, 0) is 36.6 Å². The number of carbonyl (C=O) groups excluding carboxylic acids is 1. The molecule has 0 saturated heterocycles. The van der Waals surface area contributed by atoms with Gasteiger partial charge in [0, 0.05) is 23.4 Å². The molecule has 1 amide bonds. The van der Waals surface area contributed by atoms with Crippen molar-refractivity contribution in [2.45, 2.75) is 43.1 Å². The summed E-state index contributed by atoms with van der Waals surface area (Å²) in [5.74, 6) is -0.478. The van der Waals surface area contributed by atoms with Crippen LogP contribution >= 0.6 is 23.2 Å². The highest BCUT2D eigenvalue weighted by Crippen LogP contribution is 2.57. The van der Waals surface area contributed by atoms with Crippen LogP contribution in [0.2, 0.25) is 10.0 Å². The molecule has 3 aromatic rings. The number of nitrogens with one attached hydrogen (secondary N) is 1. The Bertz CT molecular complexity index is 1410. The molecule has 0 aliphatic heterocycles. The minimum atomic E-state index is -6.80. The van der Waals surface area contributed by atoms with Gasteiger partial charge in [0.1, 0.15) is 0 Å². The fourth-order valence-electron chi connectivity index (χ4n) is 3.75. The van der Waals surface area contributed by atoms with Crippen molar-refractivity contribution < 1.29 is 48.7 Å². The average molecular weight is 608 g/mol. The number of aromatic nitrogens is 2. The third-order valence-electron chi connectivity index (χ3n) is 5.84. The van der Waals surface area contributed by atoms with E-state index in [4.69, 9.17) is 23.2 Å². The van der Waals surface area contributed by atoms with E-state index in [0.717, 1.165) is 25.2 Å². The number of amides is 1. The fourth-order valence-corrected chi connectivity index (χ4v) is 4.31. The maximum absolute atomic E-state index is 14.6. The minimum absolute atomic E-state index is 0.00524. The zero-order chi connectivity index (χ0) is 29.1. The van der Waals surface area contributed by atoms with E-state index in [0.29, 0.717) is 16.3 Å². The number of nitrogens with zero attached hydrogens (tertiary/aromatic N) is 2. The van der Waals surface area contributed by atoms with E-state index in [2.05, 4.69) is 10.4 Å². The highest BCUT2D eigenvalue weighted by molar-refractivity contribution is 6.34. The lowest BCUT2D eigenvalue weighted by Gasteiger charge is -2.32. The molecule has 1 saturated carbocycles. The Balaban J connectivity index is 1.81. The summed E-state index contributed by atoms with van der Waals surface area (Å²) in [6, 6.07) is 4.24. The van der Waals surface area contributed by atoms with Crippen LogP contribution in [0.3, 0.4) is 0 Å². The van der Waals surface area contributed by atoms with E-state index >= 15 is 0 Å². The van der Waals surface area contributed by atoms with Crippen molar-refractivity contribution in [1.29, 1.82) is 0 Å². The first kappa shape index (κ1) is 29.0. The lowest BCUT2D eigenvalue weighted by atomic mass is 9.89. The second kappa shape index (κ2) is 9.58. The number of benzene rings is 2. The molecule has 1 fully saturated rings. The number of carbonyl (C=O) groups is 1. The summed E-state index contributed by atoms with van der Waals surface area (Å²) in [6.07, 6.45) is -15.8. The summed E-state index contributed by atoms with van der Waals surface area (Å²) < 4.78 is 136. The van der Waals surface area contributed by atoms with Gasteiger partial charge in [0.25, 0.3) is 5.91 Å². The maximum atomic E-state index is 14.6. The van der Waals surface area contributed by atoms with Crippen molar-refractivity contribution in [3.8, 4) is 16.8 Å². The van der Waals surface area contributed by atoms with Crippen LogP contribution in [0.15, 0.2) is 42.7 Å². The van der Waals surface area contributed by atoms with Gasteiger partial charge in [0.05, 0.1) is 33.1 Å². The zero-order valence-electron chi connectivity index (χ0n) is 18.9.